The van der Waals surface area contributed by atoms with E-state index in [1.54, 1.807) is 4.90 Å². The maximum atomic E-state index is 10.5. The van der Waals surface area contributed by atoms with E-state index in [2.05, 4.69) is 10.5 Å². The third kappa shape index (κ3) is 1.70. The number of aromatic nitrogens is 1. The van der Waals surface area contributed by atoms with E-state index in [-0.39, 0.29) is 6.04 Å². The van der Waals surface area contributed by atoms with Crippen molar-refractivity contribution in [3.63, 3.8) is 0 Å². The number of nitrogens with one attached hydrogen (secondary N) is 1. The molecule has 1 aromatic rings. The third-order valence-electron chi connectivity index (χ3n) is 2.17. The van der Waals surface area contributed by atoms with Gasteiger partial charge >= 0.3 is 0 Å². The molecule has 0 unspecified atom stereocenters. The summed E-state index contributed by atoms with van der Waals surface area (Å²) in [7, 11) is 0. The second-order valence-electron chi connectivity index (χ2n) is 3.03. The Balaban J connectivity index is 2.04. The van der Waals surface area contributed by atoms with Crippen LogP contribution in [0.2, 0.25) is 0 Å². The monoisotopic (exact) mass is 181 g/mol. The molecule has 2 rings (SSSR count). The predicted octanol–water partition coefficient (Wildman–Crippen LogP) is -0.223. The second kappa shape index (κ2) is 3.57. The van der Waals surface area contributed by atoms with Gasteiger partial charge in [0.2, 0.25) is 6.41 Å². The molecule has 13 heavy (non-hydrogen) atoms. The van der Waals surface area contributed by atoms with Crippen molar-refractivity contribution in [2.45, 2.75) is 6.04 Å². The molecule has 1 aromatic heterocycles. The summed E-state index contributed by atoms with van der Waals surface area (Å²) < 4.78 is 4.74. The molecule has 1 amide bonds. The van der Waals surface area contributed by atoms with E-state index in [0.717, 1.165) is 25.2 Å². The van der Waals surface area contributed by atoms with Gasteiger partial charge in [-0.05, 0) is 0 Å². The highest BCUT2D eigenvalue weighted by Crippen LogP contribution is 2.13. The molecule has 0 bridgehead atoms. The number of carbonyl (C=O) groups is 1. The Hall–Kier alpha value is -1.36. The van der Waals surface area contributed by atoms with E-state index >= 15 is 0 Å². The Morgan fingerprint density at radius 3 is 3.38 bits per heavy atom. The van der Waals surface area contributed by atoms with Gasteiger partial charge in [0, 0.05) is 25.7 Å². The van der Waals surface area contributed by atoms with E-state index in [0.29, 0.717) is 6.54 Å². The maximum Gasteiger partial charge on any atom is 0.209 e. The Kier molecular flexibility index (Phi) is 2.27. The number of rotatable bonds is 2. The van der Waals surface area contributed by atoms with Crippen molar-refractivity contribution < 1.29 is 9.32 Å². The maximum absolute atomic E-state index is 10.5. The van der Waals surface area contributed by atoms with Crippen LogP contribution in [0.1, 0.15) is 11.7 Å². The van der Waals surface area contributed by atoms with Crippen LogP contribution in [-0.2, 0) is 4.79 Å². The van der Waals surface area contributed by atoms with Crippen LogP contribution in [0.15, 0.2) is 16.9 Å². The fourth-order valence-corrected chi connectivity index (χ4v) is 1.47. The summed E-state index contributed by atoms with van der Waals surface area (Å²) in [6.07, 6.45) is 2.41. The predicted molar refractivity (Wildman–Crippen MR) is 44.9 cm³/mol. The SMILES string of the molecule is O=CN1CCN[C@H](c2ccon2)C1. The fraction of sp³-hybridized carbons (Fsp3) is 0.500. The molecule has 1 fully saturated rings. The first kappa shape index (κ1) is 8.25. The minimum Gasteiger partial charge on any atom is -0.364 e. The van der Waals surface area contributed by atoms with Crippen molar-refractivity contribution in [2.24, 2.45) is 0 Å². The topological polar surface area (TPSA) is 58.4 Å². The summed E-state index contributed by atoms with van der Waals surface area (Å²) in [6.45, 7) is 2.23. The van der Waals surface area contributed by atoms with E-state index in [9.17, 15) is 4.79 Å². The van der Waals surface area contributed by atoms with Crippen molar-refractivity contribution in [2.75, 3.05) is 19.6 Å². The van der Waals surface area contributed by atoms with Crippen molar-refractivity contribution >= 4 is 6.41 Å². The average Bonchev–Trinajstić information content (AvgIpc) is 2.71. The lowest BCUT2D eigenvalue weighted by Crippen LogP contribution is -2.45. The zero-order valence-corrected chi connectivity index (χ0v) is 7.14. The molecule has 1 aliphatic rings. The second-order valence-corrected chi connectivity index (χ2v) is 3.03. The Morgan fingerprint density at radius 2 is 2.69 bits per heavy atom. The Labute approximate surface area is 75.7 Å². The van der Waals surface area contributed by atoms with Crippen molar-refractivity contribution in [3.8, 4) is 0 Å². The fourth-order valence-electron chi connectivity index (χ4n) is 1.47. The van der Waals surface area contributed by atoms with E-state index in [4.69, 9.17) is 4.52 Å². The zero-order valence-electron chi connectivity index (χ0n) is 7.14. The van der Waals surface area contributed by atoms with Crippen LogP contribution in [0.5, 0.6) is 0 Å². The van der Waals surface area contributed by atoms with E-state index in [1.165, 1.54) is 6.26 Å². The van der Waals surface area contributed by atoms with Gasteiger partial charge in [-0.3, -0.25) is 4.79 Å². The number of hydrogen-bond acceptors (Lipinski definition) is 4. The Bertz CT molecular complexity index is 273. The quantitative estimate of drug-likeness (QED) is 0.641. The summed E-state index contributed by atoms with van der Waals surface area (Å²) in [5.74, 6) is 0. The molecular weight excluding hydrogens is 170 g/mol. The zero-order chi connectivity index (χ0) is 9.10. The summed E-state index contributed by atoms with van der Waals surface area (Å²) in [5, 5.41) is 7.09. The molecule has 1 saturated heterocycles. The highest BCUT2D eigenvalue weighted by Gasteiger charge is 2.21. The van der Waals surface area contributed by atoms with Gasteiger partial charge in [0.05, 0.1) is 6.04 Å². The number of carbonyl (C=O) groups excluding carboxylic acids is 1. The van der Waals surface area contributed by atoms with Crippen LogP contribution in [-0.4, -0.2) is 36.1 Å². The van der Waals surface area contributed by atoms with Crippen LogP contribution in [0.4, 0.5) is 0 Å². The molecule has 1 N–H and O–H groups in total. The largest absolute Gasteiger partial charge is 0.364 e. The van der Waals surface area contributed by atoms with Crippen molar-refractivity contribution in [1.82, 2.24) is 15.4 Å². The smallest absolute Gasteiger partial charge is 0.209 e. The molecule has 5 heteroatoms. The molecular formula is C8H11N3O2. The summed E-state index contributed by atoms with van der Waals surface area (Å²) in [6, 6.07) is 1.92. The molecule has 0 spiro atoms. The lowest BCUT2D eigenvalue weighted by Gasteiger charge is -2.29. The highest BCUT2D eigenvalue weighted by molar-refractivity contribution is 5.47. The standard InChI is InChI=1S/C8H11N3O2/c12-6-11-3-2-9-8(5-11)7-1-4-13-10-7/h1,4,6,8-9H,2-3,5H2/t8-/m0/s1. The highest BCUT2D eigenvalue weighted by atomic mass is 16.5. The summed E-state index contributed by atoms with van der Waals surface area (Å²) in [5.41, 5.74) is 0.853. The van der Waals surface area contributed by atoms with Crippen LogP contribution in [0, 0.1) is 0 Å². The molecule has 0 saturated carbocycles. The molecule has 5 nitrogen and oxygen atoms in total. The summed E-state index contributed by atoms with van der Waals surface area (Å²) in [4.78, 5) is 12.3. The van der Waals surface area contributed by atoms with Gasteiger partial charge in [0.25, 0.3) is 0 Å². The molecule has 0 aliphatic carbocycles. The van der Waals surface area contributed by atoms with Crippen molar-refractivity contribution in [1.29, 1.82) is 0 Å². The van der Waals surface area contributed by atoms with Crippen LogP contribution in [0.3, 0.4) is 0 Å². The normalized spacial score (nSPS) is 23.1. The first-order chi connectivity index (χ1) is 6.40. The first-order valence-corrected chi connectivity index (χ1v) is 4.23. The van der Waals surface area contributed by atoms with Crippen LogP contribution >= 0.6 is 0 Å². The molecule has 1 aliphatic heterocycles. The van der Waals surface area contributed by atoms with Crippen molar-refractivity contribution in [3.05, 3.63) is 18.0 Å². The van der Waals surface area contributed by atoms with E-state index < -0.39 is 0 Å². The van der Waals surface area contributed by atoms with Crippen LogP contribution < -0.4 is 5.32 Å². The first-order valence-electron chi connectivity index (χ1n) is 4.23. The third-order valence-corrected chi connectivity index (χ3v) is 2.17. The molecule has 0 radical (unpaired) electrons. The van der Waals surface area contributed by atoms with Gasteiger partial charge in [-0.1, -0.05) is 5.16 Å². The number of nitrogens with zero attached hydrogens (tertiary/aromatic N) is 2. The van der Waals surface area contributed by atoms with Gasteiger partial charge in [-0.2, -0.15) is 0 Å². The minimum atomic E-state index is 0.109. The van der Waals surface area contributed by atoms with Gasteiger partial charge in [0.1, 0.15) is 12.0 Å². The van der Waals surface area contributed by atoms with Crippen LogP contribution in [0.25, 0.3) is 0 Å². The van der Waals surface area contributed by atoms with Gasteiger partial charge in [-0.25, -0.2) is 0 Å². The molecule has 2 heterocycles. The van der Waals surface area contributed by atoms with Gasteiger partial charge in [0.15, 0.2) is 0 Å². The lowest BCUT2D eigenvalue weighted by molar-refractivity contribution is -0.119. The number of amides is 1. The molecule has 1 atom stereocenters. The molecule has 70 valence electrons. The van der Waals surface area contributed by atoms with Gasteiger partial charge < -0.3 is 14.7 Å². The van der Waals surface area contributed by atoms with Gasteiger partial charge in [-0.15, -0.1) is 0 Å². The number of piperazine rings is 1. The minimum absolute atomic E-state index is 0.109. The number of hydrogen-bond donors (Lipinski definition) is 1. The summed E-state index contributed by atoms with van der Waals surface area (Å²) >= 11 is 0. The Morgan fingerprint density at radius 1 is 1.77 bits per heavy atom. The molecule has 0 aromatic carbocycles. The lowest BCUT2D eigenvalue weighted by atomic mass is 10.1. The average molecular weight is 181 g/mol. The van der Waals surface area contributed by atoms with E-state index in [1.807, 2.05) is 6.07 Å².